The molecule has 130 valence electrons. The molecule has 2 aliphatic rings. The normalized spacial score (nSPS) is 18.6. The largest absolute Gasteiger partial charge is 0.378 e. The fraction of sp³-hybridized carbons (Fsp3) is 0.786. The predicted molar refractivity (Wildman–Crippen MR) is 78.6 cm³/mol. The van der Waals surface area contributed by atoms with Gasteiger partial charge in [-0.2, -0.15) is 0 Å². The number of rotatable bonds is 6. The van der Waals surface area contributed by atoms with E-state index in [1.165, 1.54) is 0 Å². The van der Waals surface area contributed by atoms with E-state index in [9.17, 15) is 14.4 Å². The van der Waals surface area contributed by atoms with Crippen LogP contribution in [0.2, 0.25) is 0 Å². The Morgan fingerprint density at radius 2 is 1.35 bits per heavy atom. The molecule has 0 aliphatic carbocycles. The average molecular weight is 329 g/mol. The van der Waals surface area contributed by atoms with Gasteiger partial charge in [0.05, 0.1) is 33.0 Å². The van der Waals surface area contributed by atoms with E-state index >= 15 is 0 Å². The van der Waals surface area contributed by atoms with Gasteiger partial charge in [-0.25, -0.2) is 0 Å². The van der Waals surface area contributed by atoms with Crippen LogP contribution in [0.4, 0.5) is 0 Å². The molecule has 2 aliphatic heterocycles. The SMILES string of the molecule is O=C(COCC(=O)N1CCOCC1)NCC(=O)N1CCOCC1. The van der Waals surface area contributed by atoms with Crippen molar-refractivity contribution in [2.24, 2.45) is 0 Å². The third kappa shape index (κ3) is 6.12. The Balaban J connectivity index is 1.55. The van der Waals surface area contributed by atoms with E-state index in [4.69, 9.17) is 14.2 Å². The first-order valence-electron chi connectivity index (χ1n) is 7.72. The van der Waals surface area contributed by atoms with Gasteiger partial charge in [0, 0.05) is 26.2 Å². The monoisotopic (exact) mass is 329 g/mol. The highest BCUT2D eigenvalue weighted by Gasteiger charge is 2.18. The lowest BCUT2D eigenvalue weighted by molar-refractivity contribution is -0.142. The van der Waals surface area contributed by atoms with Gasteiger partial charge in [0.2, 0.25) is 17.7 Å². The second kappa shape index (κ2) is 9.43. The predicted octanol–water partition coefficient (Wildman–Crippen LogP) is -2.16. The summed E-state index contributed by atoms with van der Waals surface area (Å²) in [4.78, 5) is 38.5. The zero-order valence-corrected chi connectivity index (χ0v) is 13.1. The Kier molecular flexibility index (Phi) is 7.24. The van der Waals surface area contributed by atoms with Crippen LogP contribution in [0.5, 0.6) is 0 Å². The molecule has 23 heavy (non-hydrogen) atoms. The summed E-state index contributed by atoms with van der Waals surface area (Å²) in [6.07, 6.45) is 0. The van der Waals surface area contributed by atoms with E-state index in [0.717, 1.165) is 0 Å². The van der Waals surface area contributed by atoms with Crippen LogP contribution in [0.1, 0.15) is 0 Å². The number of carbonyl (C=O) groups excluding carboxylic acids is 3. The molecule has 9 heteroatoms. The van der Waals surface area contributed by atoms with Crippen molar-refractivity contribution in [3.05, 3.63) is 0 Å². The average Bonchev–Trinajstić information content (AvgIpc) is 2.61. The highest BCUT2D eigenvalue weighted by molar-refractivity contribution is 5.85. The van der Waals surface area contributed by atoms with Gasteiger partial charge in [0.15, 0.2) is 0 Å². The van der Waals surface area contributed by atoms with Gasteiger partial charge in [-0.05, 0) is 0 Å². The molecule has 9 nitrogen and oxygen atoms in total. The Morgan fingerprint density at radius 3 is 1.91 bits per heavy atom. The number of morpholine rings is 2. The number of amides is 3. The molecule has 0 bridgehead atoms. The summed E-state index contributed by atoms with van der Waals surface area (Å²) >= 11 is 0. The Hall–Kier alpha value is -1.71. The maximum Gasteiger partial charge on any atom is 0.248 e. The van der Waals surface area contributed by atoms with Crippen molar-refractivity contribution in [3.63, 3.8) is 0 Å². The summed E-state index contributed by atoms with van der Waals surface area (Å²) in [5.74, 6) is -0.724. The van der Waals surface area contributed by atoms with E-state index in [1.54, 1.807) is 9.80 Å². The van der Waals surface area contributed by atoms with Crippen LogP contribution in [0.15, 0.2) is 0 Å². The molecule has 0 aromatic rings. The fourth-order valence-corrected chi connectivity index (χ4v) is 2.28. The first-order chi connectivity index (χ1) is 11.2. The number of nitrogens with zero attached hydrogens (tertiary/aromatic N) is 2. The van der Waals surface area contributed by atoms with Gasteiger partial charge in [-0.15, -0.1) is 0 Å². The standard InChI is InChI=1S/C14H23N3O6/c18-12(15-9-13(19)16-1-5-21-6-2-16)10-23-11-14(20)17-3-7-22-8-4-17/h1-11H2,(H,15,18). The van der Waals surface area contributed by atoms with Crippen LogP contribution in [0.25, 0.3) is 0 Å². The van der Waals surface area contributed by atoms with Gasteiger partial charge in [-0.1, -0.05) is 0 Å². The number of nitrogens with one attached hydrogen (secondary N) is 1. The van der Waals surface area contributed by atoms with Gasteiger partial charge < -0.3 is 29.3 Å². The lowest BCUT2D eigenvalue weighted by Gasteiger charge is -2.27. The van der Waals surface area contributed by atoms with Crippen molar-refractivity contribution in [1.29, 1.82) is 0 Å². The van der Waals surface area contributed by atoms with Gasteiger partial charge in [-0.3, -0.25) is 14.4 Å². The van der Waals surface area contributed by atoms with Crippen molar-refractivity contribution in [3.8, 4) is 0 Å². The number of ether oxygens (including phenoxy) is 3. The highest BCUT2D eigenvalue weighted by atomic mass is 16.5. The van der Waals surface area contributed by atoms with Gasteiger partial charge in [0.1, 0.15) is 13.2 Å². The molecule has 0 spiro atoms. The van der Waals surface area contributed by atoms with E-state index in [-0.39, 0.29) is 31.6 Å². The van der Waals surface area contributed by atoms with Crippen LogP contribution >= 0.6 is 0 Å². The van der Waals surface area contributed by atoms with E-state index in [2.05, 4.69) is 5.32 Å². The summed E-state index contributed by atoms with van der Waals surface area (Å²) in [5, 5.41) is 2.49. The number of hydrogen-bond acceptors (Lipinski definition) is 6. The molecular weight excluding hydrogens is 306 g/mol. The minimum Gasteiger partial charge on any atom is -0.378 e. The van der Waals surface area contributed by atoms with E-state index in [0.29, 0.717) is 52.6 Å². The first kappa shape index (κ1) is 17.6. The Bertz CT molecular complexity index is 419. The third-order valence-corrected chi connectivity index (χ3v) is 3.62. The summed E-state index contributed by atoms with van der Waals surface area (Å²) in [7, 11) is 0. The summed E-state index contributed by atoms with van der Waals surface area (Å²) in [6.45, 7) is 3.80. The number of carbonyl (C=O) groups is 3. The second-order valence-electron chi connectivity index (χ2n) is 5.26. The molecule has 0 aromatic carbocycles. The lowest BCUT2D eigenvalue weighted by Crippen LogP contribution is -2.46. The molecular formula is C14H23N3O6. The molecule has 2 fully saturated rings. The van der Waals surface area contributed by atoms with Crippen LogP contribution < -0.4 is 5.32 Å². The molecule has 0 atom stereocenters. The third-order valence-electron chi connectivity index (χ3n) is 3.62. The smallest absolute Gasteiger partial charge is 0.248 e. The van der Waals surface area contributed by atoms with Crippen LogP contribution in [0, 0.1) is 0 Å². The second-order valence-corrected chi connectivity index (χ2v) is 5.26. The van der Waals surface area contributed by atoms with Crippen molar-refractivity contribution in [1.82, 2.24) is 15.1 Å². The fourth-order valence-electron chi connectivity index (χ4n) is 2.28. The number of hydrogen-bond donors (Lipinski definition) is 1. The van der Waals surface area contributed by atoms with E-state index in [1.807, 2.05) is 0 Å². The zero-order chi connectivity index (χ0) is 16.5. The highest BCUT2D eigenvalue weighted by Crippen LogP contribution is 1.98. The summed E-state index contributed by atoms with van der Waals surface area (Å²) in [6, 6.07) is 0. The van der Waals surface area contributed by atoms with Crippen molar-refractivity contribution >= 4 is 17.7 Å². The Labute approximate surface area is 134 Å². The molecule has 0 saturated carbocycles. The summed E-state index contributed by atoms with van der Waals surface area (Å²) in [5.41, 5.74) is 0. The molecule has 0 aromatic heterocycles. The minimum absolute atomic E-state index is 0.0698. The lowest BCUT2D eigenvalue weighted by atomic mass is 10.4. The van der Waals surface area contributed by atoms with Crippen molar-refractivity contribution < 1.29 is 28.6 Å². The maximum atomic E-state index is 11.8. The molecule has 1 N–H and O–H groups in total. The minimum atomic E-state index is -0.415. The maximum absolute atomic E-state index is 11.8. The molecule has 0 radical (unpaired) electrons. The van der Waals surface area contributed by atoms with Gasteiger partial charge >= 0.3 is 0 Å². The van der Waals surface area contributed by atoms with Crippen LogP contribution in [0.3, 0.4) is 0 Å². The Morgan fingerprint density at radius 1 is 0.826 bits per heavy atom. The van der Waals surface area contributed by atoms with Crippen molar-refractivity contribution in [2.75, 3.05) is 72.4 Å². The quantitative estimate of drug-likeness (QED) is 0.596. The zero-order valence-electron chi connectivity index (χ0n) is 13.1. The first-order valence-corrected chi connectivity index (χ1v) is 7.72. The summed E-state index contributed by atoms with van der Waals surface area (Å²) < 4.78 is 15.4. The van der Waals surface area contributed by atoms with Crippen LogP contribution in [-0.4, -0.2) is 99.9 Å². The molecule has 2 heterocycles. The molecule has 3 amide bonds. The van der Waals surface area contributed by atoms with Gasteiger partial charge in [0.25, 0.3) is 0 Å². The molecule has 2 rings (SSSR count). The van der Waals surface area contributed by atoms with Crippen molar-refractivity contribution in [2.45, 2.75) is 0 Å². The van der Waals surface area contributed by atoms with E-state index < -0.39 is 5.91 Å². The topological polar surface area (TPSA) is 97.4 Å². The molecule has 0 unspecified atom stereocenters. The molecule has 2 saturated heterocycles. The van der Waals surface area contributed by atoms with Crippen LogP contribution in [-0.2, 0) is 28.6 Å².